The molecule has 0 saturated carbocycles. The number of hydrogen-bond acceptors (Lipinski definition) is 4. The molecule has 3 nitrogen and oxygen atoms in total. The molecule has 0 aromatic heterocycles. The zero-order valence-corrected chi connectivity index (χ0v) is 7.36. The first-order chi connectivity index (χ1) is 4.85. The Morgan fingerprint density at radius 2 is 1.80 bits per heavy atom. The predicted molar refractivity (Wildman–Crippen MR) is 44.5 cm³/mol. The first kappa shape index (κ1) is 10.2. The maximum Gasteiger partial charge on any atom is 0.0638 e. The van der Waals surface area contributed by atoms with Crippen LogP contribution >= 0.6 is 12.6 Å². The fraction of sp³-hybridized carbons (Fsp3) is 1.00. The maximum absolute atomic E-state index is 4.93. The van der Waals surface area contributed by atoms with E-state index >= 15 is 0 Å². The molecule has 0 saturated heterocycles. The largest absolute Gasteiger partial charge is 0.383 e. The Labute approximate surface area is 67.5 Å². The van der Waals surface area contributed by atoms with Crippen LogP contribution in [-0.4, -0.2) is 39.4 Å². The molecule has 0 rings (SSSR count). The lowest BCUT2D eigenvalue weighted by atomic mass is 10.3. The van der Waals surface area contributed by atoms with E-state index in [9.17, 15) is 0 Å². The van der Waals surface area contributed by atoms with E-state index in [1.807, 2.05) is 0 Å². The molecule has 4 heteroatoms. The topological polar surface area (TPSA) is 30.5 Å². The van der Waals surface area contributed by atoms with E-state index in [0.717, 1.165) is 0 Å². The van der Waals surface area contributed by atoms with Gasteiger partial charge in [0.05, 0.1) is 19.3 Å². The first-order valence-electron chi connectivity index (χ1n) is 3.17. The van der Waals surface area contributed by atoms with Crippen LogP contribution in [0.4, 0.5) is 0 Å². The van der Waals surface area contributed by atoms with Crippen LogP contribution < -0.4 is 5.32 Å². The van der Waals surface area contributed by atoms with Crippen molar-refractivity contribution in [3.05, 3.63) is 0 Å². The van der Waals surface area contributed by atoms with Crippen LogP contribution in [0.15, 0.2) is 0 Å². The molecule has 0 unspecified atom stereocenters. The molecule has 0 heterocycles. The number of hydrogen-bond donors (Lipinski definition) is 2. The molecule has 0 aliphatic carbocycles. The molecule has 0 aromatic rings. The van der Waals surface area contributed by atoms with Crippen molar-refractivity contribution >= 4 is 12.6 Å². The van der Waals surface area contributed by atoms with E-state index < -0.39 is 0 Å². The molecule has 0 radical (unpaired) electrons. The summed E-state index contributed by atoms with van der Waals surface area (Å²) in [7, 11) is 3.34. The minimum atomic E-state index is 0.257. The van der Waals surface area contributed by atoms with Gasteiger partial charge in [0.25, 0.3) is 0 Å². The van der Waals surface area contributed by atoms with Crippen molar-refractivity contribution in [1.82, 2.24) is 5.32 Å². The van der Waals surface area contributed by atoms with Crippen molar-refractivity contribution in [3.8, 4) is 0 Å². The highest BCUT2D eigenvalue weighted by Crippen LogP contribution is 1.85. The zero-order chi connectivity index (χ0) is 7.82. The summed E-state index contributed by atoms with van der Waals surface area (Å²) >= 11 is 4.02. The second-order valence-corrected chi connectivity index (χ2v) is 2.29. The van der Waals surface area contributed by atoms with Crippen molar-refractivity contribution in [1.29, 1.82) is 0 Å². The smallest absolute Gasteiger partial charge is 0.0638 e. The normalized spacial score (nSPS) is 10.8. The highest BCUT2D eigenvalue weighted by Gasteiger charge is 2.04. The monoisotopic (exact) mass is 165 g/mol. The number of ether oxygens (including phenoxy) is 2. The third-order valence-corrected chi connectivity index (χ3v) is 1.30. The van der Waals surface area contributed by atoms with Crippen LogP contribution in [0, 0.1) is 0 Å². The highest BCUT2D eigenvalue weighted by molar-refractivity contribution is 7.80. The minimum Gasteiger partial charge on any atom is -0.383 e. The molecule has 62 valence electrons. The number of methoxy groups -OCH3 is 2. The Bertz CT molecular complexity index is 58.5. The van der Waals surface area contributed by atoms with Gasteiger partial charge in [0.15, 0.2) is 0 Å². The van der Waals surface area contributed by atoms with Crippen LogP contribution in [0.2, 0.25) is 0 Å². The lowest BCUT2D eigenvalue weighted by Crippen LogP contribution is -2.36. The lowest BCUT2D eigenvalue weighted by molar-refractivity contribution is 0.106. The van der Waals surface area contributed by atoms with Gasteiger partial charge in [-0.15, -0.1) is 0 Å². The van der Waals surface area contributed by atoms with E-state index in [1.165, 1.54) is 0 Å². The quantitative estimate of drug-likeness (QED) is 0.433. The van der Waals surface area contributed by atoms with Crippen LogP contribution in [-0.2, 0) is 9.47 Å². The Morgan fingerprint density at radius 3 is 2.10 bits per heavy atom. The van der Waals surface area contributed by atoms with Gasteiger partial charge in [-0.25, -0.2) is 0 Å². The summed E-state index contributed by atoms with van der Waals surface area (Å²) in [6, 6.07) is 0.257. The molecule has 0 aliphatic rings. The van der Waals surface area contributed by atoms with Crippen LogP contribution in [0.5, 0.6) is 0 Å². The third kappa shape index (κ3) is 5.05. The number of rotatable bonds is 6. The molecule has 0 aromatic carbocycles. The number of nitrogens with one attached hydrogen (secondary N) is 1. The Balaban J connectivity index is 3.30. The van der Waals surface area contributed by atoms with Gasteiger partial charge in [-0.3, -0.25) is 0 Å². The average molecular weight is 165 g/mol. The van der Waals surface area contributed by atoms with Gasteiger partial charge in [-0.2, -0.15) is 12.6 Å². The van der Waals surface area contributed by atoms with E-state index in [-0.39, 0.29) is 6.04 Å². The molecule has 0 bridgehead atoms. The maximum atomic E-state index is 4.93. The minimum absolute atomic E-state index is 0.257. The van der Waals surface area contributed by atoms with Gasteiger partial charge in [0.1, 0.15) is 0 Å². The van der Waals surface area contributed by atoms with E-state index in [0.29, 0.717) is 19.1 Å². The summed E-state index contributed by atoms with van der Waals surface area (Å²) in [6.45, 7) is 1.32. The average Bonchev–Trinajstić information content (AvgIpc) is 1.90. The Hall–Kier alpha value is 0.230. The second kappa shape index (κ2) is 7.34. The van der Waals surface area contributed by atoms with Crippen LogP contribution in [0.25, 0.3) is 0 Å². The SMILES string of the molecule is COCC(COC)NCS. The van der Waals surface area contributed by atoms with Gasteiger partial charge in [-0.05, 0) is 0 Å². The molecular weight excluding hydrogens is 150 g/mol. The van der Waals surface area contributed by atoms with Crippen molar-refractivity contribution in [2.24, 2.45) is 0 Å². The third-order valence-electron chi connectivity index (χ3n) is 1.12. The van der Waals surface area contributed by atoms with Gasteiger partial charge < -0.3 is 14.8 Å². The van der Waals surface area contributed by atoms with Crippen LogP contribution in [0.3, 0.4) is 0 Å². The Morgan fingerprint density at radius 1 is 1.30 bits per heavy atom. The molecule has 0 atom stereocenters. The first-order valence-corrected chi connectivity index (χ1v) is 3.80. The number of thiol groups is 1. The Kier molecular flexibility index (Phi) is 7.51. The fourth-order valence-corrected chi connectivity index (χ4v) is 0.956. The summed E-state index contributed by atoms with van der Waals surface area (Å²) in [5, 5.41) is 3.10. The molecule has 0 aliphatic heterocycles. The summed E-state index contributed by atoms with van der Waals surface area (Å²) in [6.07, 6.45) is 0. The molecule has 10 heavy (non-hydrogen) atoms. The summed E-state index contributed by atoms with van der Waals surface area (Å²) in [4.78, 5) is 0. The van der Waals surface area contributed by atoms with E-state index in [1.54, 1.807) is 14.2 Å². The molecule has 0 amide bonds. The zero-order valence-electron chi connectivity index (χ0n) is 6.46. The summed E-state index contributed by atoms with van der Waals surface area (Å²) in [5.74, 6) is 0.650. The standard InChI is InChI=1S/C6H15NO2S/c1-8-3-6(4-9-2)7-5-10/h6-7,10H,3-5H2,1-2H3. The molecule has 0 fully saturated rings. The van der Waals surface area contributed by atoms with Crippen molar-refractivity contribution in [3.63, 3.8) is 0 Å². The fourth-order valence-electron chi connectivity index (χ4n) is 0.697. The highest BCUT2D eigenvalue weighted by atomic mass is 32.1. The predicted octanol–water partition coefficient (Wildman–Crippen LogP) is 0.125. The van der Waals surface area contributed by atoms with Gasteiger partial charge in [0.2, 0.25) is 0 Å². The molecule has 0 spiro atoms. The van der Waals surface area contributed by atoms with Gasteiger partial charge in [-0.1, -0.05) is 0 Å². The van der Waals surface area contributed by atoms with Crippen molar-refractivity contribution in [2.45, 2.75) is 6.04 Å². The van der Waals surface area contributed by atoms with Crippen LogP contribution in [0.1, 0.15) is 0 Å². The van der Waals surface area contributed by atoms with Gasteiger partial charge >= 0.3 is 0 Å². The lowest BCUT2D eigenvalue weighted by Gasteiger charge is -2.14. The van der Waals surface area contributed by atoms with E-state index in [4.69, 9.17) is 9.47 Å². The molecule has 1 N–H and O–H groups in total. The summed E-state index contributed by atoms with van der Waals surface area (Å²) < 4.78 is 9.87. The second-order valence-electron chi connectivity index (χ2n) is 1.97. The van der Waals surface area contributed by atoms with E-state index in [2.05, 4.69) is 17.9 Å². The molecular formula is C6H15NO2S. The van der Waals surface area contributed by atoms with Gasteiger partial charge in [0, 0.05) is 20.1 Å². The van der Waals surface area contributed by atoms with Crippen molar-refractivity contribution < 1.29 is 9.47 Å². The summed E-state index contributed by atoms with van der Waals surface area (Å²) in [5.41, 5.74) is 0. The van der Waals surface area contributed by atoms with Crippen molar-refractivity contribution in [2.75, 3.05) is 33.3 Å².